The molecule has 2 aromatic heterocycles. The Morgan fingerprint density at radius 2 is 2.27 bits per heavy atom. The molecule has 7 nitrogen and oxygen atoms in total. The Morgan fingerprint density at radius 3 is 3.14 bits per heavy atom. The summed E-state index contributed by atoms with van der Waals surface area (Å²) in [5, 5.41) is 12.3. The monoisotopic (exact) mass is 297 g/mol. The van der Waals surface area contributed by atoms with Gasteiger partial charge in [-0.2, -0.15) is 0 Å². The van der Waals surface area contributed by atoms with Crippen molar-refractivity contribution in [3.63, 3.8) is 0 Å². The van der Waals surface area contributed by atoms with E-state index < -0.39 is 5.97 Å². The molecule has 1 aliphatic rings. The van der Waals surface area contributed by atoms with Crippen LogP contribution >= 0.6 is 0 Å². The second-order valence-corrected chi connectivity index (χ2v) is 4.92. The van der Waals surface area contributed by atoms with Gasteiger partial charge in [0.15, 0.2) is 18.2 Å². The number of fused-ring (bicyclic) bond motifs is 2. The molecule has 1 unspecified atom stereocenters. The summed E-state index contributed by atoms with van der Waals surface area (Å²) in [7, 11) is 0. The van der Waals surface area contributed by atoms with Crippen molar-refractivity contribution in [1.82, 2.24) is 9.97 Å². The number of carboxylic acids is 1. The minimum Gasteiger partial charge on any atom is -0.478 e. The number of ether oxygens (including phenoxy) is 1. The van der Waals surface area contributed by atoms with Gasteiger partial charge in [0.05, 0.1) is 16.9 Å². The maximum Gasteiger partial charge on any atom is 0.337 e. The van der Waals surface area contributed by atoms with Crippen LogP contribution in [0.1, 0.15) is 16.1 Å². The number of carbonyl (C=O) groups is 1. The number of aromatic nitrogens is 2. The smallest absolute Gasteiger partial charge is 0.337 e. The molecule has 0 radical (unpaired) electrons. The number of pyridine rings is 1. The highest BCUT2D eigenvalue weighted by atomic mass is 16.5. The van der Waals surface area contributed by atoms with Crippen LogP contribution in [0.15, 0.2) is 41.3 Å². The Morgan fingerprint density at radius 1 is 1.36 bits per heavy atom. The number of hydrogen-bond donors (Lipinski definition) is 2. The first kappa shape index (κ1) is 12.6. The third kappa shape index (κ3) is 2.03. The minimum atomic E-state index is -0.990. The molecule has 1 aliphatic heterocycles. The van der Waals surface area contributed by atoms with Gasteiger partial charge in [0.2, 0.25) is 0 Å². The zero-order valence-corrected chi connectivity index (χ0v) is 11.3. The van der Waals surface area contributed by atoms with Crippen molar-refractivity contribution in [2.45, 2.75) is 12.6 Å². The molecular formula is C15H11N3O4. The van der Waals surface area contributed by atoms with Gasteiger partial charge in [-0.1, -0.05) is 0 Å². The molecular weight excluding hydrogens is 286 g/mol. The van der Waals surface area contributed by atoms with E-state index in [0.29, 0.717) is 34.7 Å². The van der Waals surface area contributed by atoms with E-state index in [1.165, 1.54) is 18.7 Å². The number of nitrogens with one attached hydrogen (secondary N) is 1. The third-order valence-electron chi connectivity index (χ3n) is 3.52. The lowest BCUT2D eigenvalue weighted by atomic mass is 10.2. The Labute approximate surface area is 124 Å². The van der Waals surface area contributed by atoms with Crippen LogP contribution in [0.25, 0.3) is 11.1 Å². The fourth-order valence-electron chi connectivity index (χ4n) is 2.53. The molecule has 0 saturated heterocycles. The fraction of sp³-hybridized carbons (Fsp3) is 0.133. The van der Waals surface area contributed by atoms with Crippen molar-refractivity contribution >= 4 is 22.8 Å². The fourth-order valence-corrected chi connectivity index (χ4v) is 2.53. The van der Waals surface area contributed by atoms with Crippen molar-refractivity contribution in [2.24, 2.45) is 0 Å². The molecule has 22 heavy (non-hydrogen) atoms. The minimum absolute atomic E-state index is 0.197. The second kappa shape index (κ2) is 4.73. The van der Waals surface area contributed by atoms with Crippen LogP contribution in [0.4, 0.5) is 5.69 Å². The van der Waals surface area contributed by atoms with Gasteiger partial charge in [-0.05, 0) is 18.2 Å². The highest BCUT2D eigenvalue weighted by Crippen LogP contribution is 2.29. The first-order valence-electron chi connectivity index (χ1n) is 6.68. The summed E-state index contributed by atoms with van der Waals surface area (Å²) < 4.78 is 11.0. The van der Waals surface area contributed by atoms with Crippen LogP contribution in [0, 0.1) is 0 Å². The van der Waals surface area contributed by atoms with E-state index in [2.05, 4.69) is 15.3 Å². The van der Waals surface area contributed by atoms with Gasteiger partial charge in [0, 0.05) is 18.7 Å². The number of carboxylic acid groups (broad SMARTS) is 1. The summed E-state index contributed by atoms with van der Waals surface area (Å²) in [6.45, 7) is 0. The number of oxazole rings is 1. The summed E-state index contributed by atoms with van der Waals surface area (Å²) in [5.74, 6) is -0.362. The number of nitrogens with zero attached hydrogens (tertiary/aromatic N) is 2. The molecule has 0 saturated carbocycles. The molecule has 3 heterocycles. The van der Waals surface area contributed by atoms with Crippen LogP contribution in [-0.2, 0) is 6.42 Å². The quantitative estimate of drug-likeness (QED) is 0.765. The van der Waals surface area contributed by atoms with Gasteiger partial charge >= 0.3 is 5.97 Å². The lowest BCUT2D eigenvalue weighted by molar-refractivity contribution is 0.0697. The Hall–Kier alpha value is -3.09. The summed E-state index contributed by atoms with van der Waals surface area (Å²) >= 11 is 0. The maximum atomic E-state index is 11.2. The van der Waals surface area contributed by atoms with Crippen LogP contribution in [0.5, 0.6) is 5.75 Å². The SMILES string of the molecule is O=C(O)c1ccnc2c1NC(Oc1ccc3ocnc3c1)C2. The van der Waals surface area contributed by atoms with Crippen molar-refractivity contribution in [1.29, 1.82) is 0 Å². The molecule has 1 atom stereocenters. The zero-order valence-electron chi connectivity index (χ0n) is 11.3. The summed E-state index contributed by atoms with van der Waals surface area (Å²) in [6.07, 6.45) is 3.00. The zero-order chi connectivity index (χ0) is 15.1. The topological polar surface area (TPSA) is 97.5 Å². The third-order valence-corrected chi connectivity index (χ3v) is 3.52. The van der Waals surface area contributed by atoms with E-state index in [9.17, 15) is 9.90 Å². The van der Waals surface area contributed by atoms with E-state index in [1.54, 1.807) is 18.2 Å². The number of rotatable bonds is 3. The van der Waals surface area contributed by atoms with Crippen molar-refractivity contribution in [3.8, 4) is 5.75 Å². The van der Waals surface area contributed by atoms with E-state index in [0.717, 1.165) is 0 Å². The van der Waals surface area contributed by atoms with Crippen LogP contribution in [0.2, 0.25) is 0 Å². The second-order valence-electron chi connectivity index (χ2n) is 4.92. The Bertz CT molecular complexity index is 874. The van der Waals surface area contributed by atoms with E-state index in [4.69, 9.17) is 9.15 Å². The van der Waals surface area contributed by atoms with Crippen molar-refractivity contribution < 1.29 is 19.1 Å². The molecule has 4 rings (SSSR count). The Balaban J connectivity index is 1.58. The molecule has 2 N–H and O–H groups in total. The first-order chi connectivity index (χ1) is 10.7. The number of benzene rings is 1. The molecule has 0 fully saturated rings. The van der Waals surface area contributed by atoms with Gasteiger partial charge in [-0.15, -0.1) is 0 Å². The highest BCUT2D eigenvalue weighted by molar-refractivity contribution is 5.95. The summed E-state index contributed by atoms with van der Waals surface area (Å²) in [5.41, 5.74) is 2.79. The van der Waals surface area contributed by atoms with E-state index in [1.807, 2.05) is 0 Å². The predicted octanol–water partition coefficient (Wildman–Crippen LogP) is 2.29. The number of anilines is 1. The lowest BCUT2D eigenvalue weighted by Crippen LogP contribution is -2.23. The molecule has 0 aliphatic carbocycles. The van der Waals surface area contributed by atoms with Crippen molar-refractivity contribution in [2.75, 3.05) is 5.32 Å². The van der Waals surface area contributed by atoms with Gasteiger partial charge < -0.3 is 19.6 Å². The maximum absolute atomic E-state index is 11.2. The Kier molecular flexibility index (Phi) is 2.72. The average Bonchev–Trinajstić information content (AvgIpc) is 3.11. The molecule has 1 aromatic carbocycles. The van der Waals surface area contributed by atoms with Crippen LogP contribution in [-0.4, -0.2) is 27.3 Å². The van der Waals surface area contributed by atoms with Crippen LogP contribution in [0.3, 0.4) is 0 Å². The summed E-state index contributed by atoms with van der Waals surface area (Å²) in [6, 6.07) is 6.80. The number of hydrogen-bond acceptors (Lipinski definition) is 6. The average molecular weight is 297 g/mol. The van der Waals surface area contributed by atoms with Gasteiger partial charge in [0.1, 0.15) is 11.3 Å². The standard InChI is InChI=1S/C15H11N3O4/c19-15(20)9-3-4-16-11-6-13(18-14(9)11)22-8-1-2-12-10(5-8)17-7-21-12/h1-5,7,13,18H,6H2,(H,19,20). The normalized spacial score (nSPS) is 16.3. The van der Waals surface area contributed by atoms with Crippen LogP contribution < -0.4 is 10.1 Å². The lowest BCUT2D eigenvalue weighted by Gasteiger charge is -2.14. The van der Waals surface area contributed by atoms with E-state index in [-0.39, 0.29) is 11.8 Å². The molecule has 110 valence electrons. The largest absolute Gasteiger partial charge is 0.478 e. The molecule has 3 aromatic rings. The first-order valence-corrected chi connectivity index (χ1v) is 6.68. The van der Waals surface area contributed by atoms with Gasteiger partial charge in [-0.25, -0.2) is 9.78 Å². The highest BCUT2D eigenvalue weighted by Gasteiger charge is 2.27. The van der Waals surface area contributed by atoms with Gasteiger partial charge in [-0.3, -0.25) is 4.98 Å². The molecule has 0 amide bonds. The van der Waals surface area contributed by atoms with Gasteiger partial charge in [0.25, 0.3) is 0 Å². The molecule has 0 bridgehead atoms. The number of aromatic carboxylic acids is 1. The van der Waals surface area contributed by atoms with E-state index >= 15 is 0 Å². The molecule has 7 heteroatoms. The predicted molar refractivity (Wildman–Crippen MR) is 76.9 cm³/mol. The van der Waals surface area contributed by atoms with Crippen molar-refractivity contribution in [3.05, 3.63) is 48.1 Å². The summed E-state index contributed by atoms with van der Waals surface area (Å²) in [4.78, 5) is 19.5. The molecule has 0 spiro atoms.